The number of hydrogen-bond donors (Lipinski definition) is 2. The minimum absolute atomic E-state index is 0.513. The summed E-state index contributed by atoms with van der Waals surface area (Å²) in [6.07, 6.45) is 2.24. The van der Waals surface area contributed by atoms with Crippen LogP contribution in [0.15, 0.2) is 47.6 Å². The van der Waals surface area contributed by atoms with E-state index >= 15 is 0 Å². The number of primary amides is 1. The van der Waals surface area contributed by atoms with Crippen molar-refractivity contribution in [2.24, 2.45) is 10.8 Å². The minimum Gasteiger partial charge on any atom is -0.493 e. The first kappa shape index (κ1) is 18.3. The predicted octanol–water partition coefficient (Wildman–Crippen LogP) is 3.15. The monoisotopic (exact) mass is 341 g/mol. The normalized spacial score (nSPS) is 10.6. The topological polar surface area (TPSA) is 85.9 Å². The molecule has 25 heavy (non-hydrogen) atoms. The molecule has 0 saturated heterocycles. The number of rotatable bonds is 8. The highest BCUT2D eigenvalue weighted by Crippen LogP contribution is 2.17. The molecule has 6 heteroatoms. The Kier molecular flexibility index (Phi) is 6.83. The van der Waals surface area contributed by atoms with Crippen molar-refractivity contribution in [1.82, 2.24) is 5.43 Å². The molecule has 0 saturated carbocycles. The SMILES string of the molecule is Cc1cc(C)cc(OCCCOc2ccccc2/C=N\NC(N)=O)c1. The van der Waals surface area contributed by atoms with Gasteiger partial charge in [0, 0.05) is 12.0 Å². The summed E-state index contributed by atoms with van der Waals surface area (Å²) in [6, 6.07) is 12.9. The summed E-state index contributed by atoms with van der Waals surface area (Å²) in [5, 5.41) is 3.75. The van der Waals surface area contributed by atoms with Crippen molar-refractivity contribution >= 4 is 12.2 Å². The number of ether oxygens (including phenoxy) is 2. The van der Waals surface area contributed by atoms with Gasteiger partial charge in [0.2, 0.25) is 0 Å². The first-order valence-corrected chi connectivity index (χ1v) is 8.06. The summed E-state index contributed by atoms with van der Waals surface area (Å²) in [4.78, 5) is 10.6. The van der Waals surface area contributed by atoms with Crippen LogP contribution in [0.25, 0.3) is 0 Å². The van der Waals surface area contributed by atoms with Crippen molar-refractivity contribution < 1.29 is 14.3 Å². The number of hydrazone groups is 1. The lowest BCUT2D eigenvalue weighted by Gasteiger charge is -2.10. The molecular weight excluding hydrogens is 318 g/mol. The number of amides is 2. The van der Waals surface area contributed by atoms with Gasteiger partial charge in [0.25, 0.3) is 0 Å². The molecule has 0 radical (unpaired) electrons. The maximum absolute atomic E-state index is 10.6. The smallest absolute Gasteiger partial charge is 0.332 e. The zero-order valence-electron chi connectivity index (χ0n) is 14.5. The van der Waals surface area contributed by atoms with Crippen LogP contribution in [0.4, 0.5) is 4.79 Å². The second kappa shape index (κ2) is 9.32. The maximum Gasteiger partial charge on any atom is 0.332 e. The van der Waals surface area contributed by atoms with Crippen LogP contribution in [0.5, 0.6) is 11.5 Å². The molecule has 132 valence electrons. The molecule has 0 heterocycles. The molecule has 0 aliphatic rings. The summed E-state index contributed by atoms with van der Waals surface area (Å²) in [7, 11) is 0. The Morgan fingerprint density at radius 1 is 1.12 bits per heavy atom. The van der Waals surface area contributed by atoms with E-state index in [1.807, 2.05) is 36.4 Å². The molecule has 2 aromatic rings. The van der Waals surface area contributed by atoms with Crippen molar-refractivity contribution in [3.63, 3.8) is 0 Å². The van der Waals surface area contributed by atoms with Crippen molar-refractivity contribution in [1.29, 1.82) is 0 Å². The lowest BCUT2D eigenvalue weighted by Crippen LogP contribution is -2.24. The number of nitrogens with one attached hydrogen (secondary N) is 1. The molecular formula is C19H23N3O3. The fourth-order valence-corrected chi connectivity index (χ4v) is 2.33. The van der Waals surface area contributed by atoms with Gasteiger partial charge in [-0.2, -0.15) is 5.10 Å². The van der Waals surface area contributed by atoms with Crippen LogP contribution in [-0.4, -0.2) is 25.5 Å². The number of urea groups is 1. The number of aryl methyl sites for hydroxylation is 2. The van der Waals surface area contributed by atoms with E-state index in [2.05, 4.69) is 30.4 Å². The third kappa shape index (κ3) is 6.55. The largest absolute Gasteiger partial charge is 0.493 e. The van der Waals surface area contributed by atoms with Crippen molar-refractivity contribution in [2.75, 3.05) is 13.2 Å². The standard InChI is InChI=1S/C19H23N3O3/c1-14-10-15(2)12-17(11-14)24-8-5-9-25-18-7-4-3-6-16(18)13-21-22-19(20)23/h3-4,6-7,10-13H,5,8-9H2,1-2H3,(H3,20,22,23)/b21-13-. The molecule has 0 fully saturated rings. The number of nitrogens with zero attached hydrogens (tertiary/aromatic N) is 1. The molecule has 0 aromatic heterocycles. The molecule has 3 N–H and O–H groups in total. The first-order chi connectivity index (χ1) is 12.0. The van der Waals surface area contributed by atoms with E-state index in [1.54, 1.807) is 0 Å². The highest BCUT2D eigenvalue weighted by atomic mass is 16.5. The molecule has 0 aliphatic heterocycles. The summed E-state index contributed by atoms with van der Waals surface area (Å²) in [5.41, 5.74) is 10.2. The average Bonchev–Trinajstić information content (AvgIpc) is 2.54. The fraction of sp³-hybridized carbons (Fsp3) is 0.263. The summed E-state index contributed by atoms with van der Waals surface area (Å²) in [5.74, 6) is 1.56. The molecule has 2 aromatic carbocycles. The highest BCUT2D eigenvalue weighted by molar-refractivity contribution is 5.84. The predicted molar refractivity (Wildman–Crippen MR) is 98.3 cm³/mol. The summed E-state index contributed by atoms with van der Waals surface area (Å²) in [6.45, 7) is 5.18. The lowest BCUT2D eigenvalue weighted by molar-refractivity contribution is 0.247. The van der Waals surface area contributed by atoms with Gasteiger partial charge >= 0.3 is 6.03 Å². The van der Waals surface area contributed by atoms with Crippen molar-refractivity contribution in [2.45, 2.75) is 20.3 Å². The molecule has 2 rings (SSSR count). The van der Waals surface area contributed by atoms with Gasteiger partial charge in [-0.1, -0.05) is 18.2 Å². The number of benzene rings is 2. The van der Waals surface area contributed by atoms with Crippen LogP contribution in [0.1, 0.15) is 23.1 Å². The Morgan fingerprint density at radius 3 is 2.52 bits per heavy atom. The second-order valence-corrected chi connectivity index (χ2v) is 5.65. The fourth-order valence-electron chi connectivity index (χ4n) is 2.33. The molecule has 6 nitrogen and oxygen atoms in total. The molecule has 0 bridgehead atoms. The summed E-state index contributed by atoms with van der Waals surface area (Å²) >= 11 is 0. The zero-order valence-corrected chi connectivity index (χ0v) is 14.5. The Morgan fingerprint density at radius 2 is 1.80 bits per heavy atom. The van der Waals surface area contributed by atoms with Gasteiger partial charge in [0.05, 0.1) is 19.4 Å². The van der Waals surface area contributed by atoms with Gasteiger partial charge in [-0.25, -0.2) is 10.2 Å². The summed E-state index contributed by atoms with van der Waals surface area (Å²) < 4.78 is 11.5. The van der Waals surface area contributed by atoms with Crippen LogP contribution in [-0.2, 0) is 0 Å². The minimum atomic E-state index is -0.710. The van der Waals surface area contributed by atoms with E-state index in [0.717, 1.165) is 17.7 Å². The number of carbonyl (C=O) groups is 1. The van der Waals surface area contributed by atoms with Gasteiger partial charge in [-0.15, -0.1) is 0 Å². The van der Waals surface area contributed by atoms with Gasteiger partial charge in [-0.3, -0.25) is 0 Å². The van der Waals surface area contributed by atoms with Crippen LogP contribution in [0.2, 0.25) is 0 Å². The third-order valence-corrected chi connectivity index (χ3v) is 3.31. The average molecular weight is 341 g/mol. The van der Waals surface area contributed by atoms with E-state index in [0.29, 0.717) is 19.0 Å². The molecule has 2 amide bonds. The van der Waals surface area contributed by atoms with Gasteiger partial charge in [-0.05, 0) is 49.2 Å². The van der Waals surface area contributed by atoms with Gasteiger partial charge in [0.15, 0.2) is 0 Å². The second-order valence-electron chi connectivity index (χ2n) is 5.65. The van der Waals surface area contributed by atoms with E-state index in [9.17, 15) is 4.79 Å². The molecule has 0 unspecified atom stereocenters. The van der Waals surface area contributed by atoms with Crippen LogP contribution in [0, 0.1) is 13.8 Å². The Hall–Kier alpha value is -3.02. The number of carbonyl (C=O) groups excluding carboxylic acids is 1. The van der Waals surface area contributed by atoms with E-state index in [1.165, 1.54) is 17.3 Å². The van der Waals surface area contributed by atoms with Crippen molar-refractivity contribution in [3.8, 4) is 11.5 Å². The third-order valence-electron chi connectivity index (χ3n) is 3.31. The van der Waals surface area contributed by atoms with E-state index in [-0.39, 0.29) is 0 Å². The number of hydrogen-bond acceptors (Lipinski definition) is 4. The Bertz CT molecular complexity index is 724. The van der Waals surface area contributed by atoms with Crippen LogP contribution >= 0.6 is 0 Å². The van der Waals surface area contributed by atoms with Crippen LogP contribution in [0.3, 0.4) is 0 Å². The van der Waals surface area contributed by atoms with E-state index < -0.39 is 6.03 Å². The first-order valence-electron chi connectivity index (χ1n) is 8.06. The highest BCUT2D eigenvalue weighted by Gasteiger charge is 2.01. The number of para-hydroxylation sites is 1. The molecule has 0 spiro atoms. The quantitative estimate of drug-likeness (QED) is 0.439. The maximum atomic E-state index is 10.6. The van der Waals surface area contributed by atoms with E-state index in [4.69, 9.17) is 15.2 Å². The van der Waals surface area contributed by atoms with Gasteiger partial charge in [0.1, 0.15) is 11.5 Å². The van der Waals surface area contributed by atoms with Crippen LogP contribution < -0.4 is 20.6 Å². The molecule has 0 aliphatic carbocycles. The van der Waals surface area contributed by atoms with Gasteiger partial charge < -0.3 is 15.2 Å². The molecule has 0 atom stereocenters. The van der Waals surface area contributed by atoms with Crippen molar-refractivity contribution in [3.05, 3.63) is 59.2 Å². The Labute approximate surface area is 147 Å². The zero-order chi connectivity index (χ0) is 18.1. The lowest BCUT2D eigenvalue weighted by atomic mass is 10.1. The number of nitrogens with two attached hydrogens (primary N) is 1. The Balaban J connectivity index is 1.79.